The summed E-state index contributed by atoms with van der Waals surface area (Å²) in [7, 11) is 1.61. The normalized spacial score (nSPS) is 19.0. The summed E-state index contributed by atoms with van der Waals surface area (Å²) in [6.07, 6.45) is 1.74. The molecule has 21 heavy (non-hydrogen) atoms. The number of carboxylic acid groups (broad SMARTS) is 1. The van der Waals surface area contributed by atoms with Crippen LogP contribution in [0.15, 0.2) is 18.2 Å². The van der Waals surface area contributed by atoms with Crippen LogP contribution in [0.3, 0.4) is 0 Å². The number of rotatable bonds is 6. The molecule has 5 heteroatoms. The van der Waals surface area contributed by atoms with Crippen molar-refractivity contribution in [3.8, 4) is 11.5 Å². The Morgan fingerprint density at radius 2 is 2.19 bits per heavy atom. The Morgan fingerprint density at radius 1 is 1.43 bits per heavy atom. The second-order valence-electron chi connectivity index (χ2n) is 5.62. The first-order valence-electron chi connectivity index (χ1n) is 7.31. The highest BCUT2D eigenvalue weighted by Crippen LogP contribution is 2.30. The molecule has 1 aromatic rings. The van der Waals surface area contributed by atoms with Gasteiger partial charge in [0.25, 0.3) is 0 Å². The summed E-state index contributed by atoms with van der Waals surface area (Å²) in [5.41, 5.74) is 1.04. The SMILES string of the molecule is COc1cc(CN2CCCC2C(=O)O)ccc1OC(C)C. The molecule has 1 atom stereocenters. The standard InChI is InChI=1S/C16H23NO4/c1-11(2)21-14-7-6-12(9-15(14)20-3)10-17-8-4-5-13(17)16(18)19/h6-7,9,11,13H,4-5,8,10H2,1-3H3,(H,18,19). The highest BCUT2D eigenvalue weighted by molar-refractivity contribution is 5.73. The molecule has 5 nitrogen and oxygen atoms in total. The number of hydrogen-bond acceptors (Lipinski definition) is 4. The van der Waals surface area contributed by atoms with Crippen LogP contribution in [0.2, 0.25) is 0 Å². The summed E-state index contributed by atoms with van der Waals surface area (Å²) >= 11 is 0. The van der Waals surface area contributed by atoms with Crippen LogP contribution in [0.5, 0.6) is 11.5 Å². The van der Waals surface area contributed by atoms with Gasteiger partial charge in [-0.15, -0.1) is 0 Å². The van der Waals surface area contributed by atoms with E-state index in [1.165, 1.54) is 0 Å². The van der Waals surface area contributed by atoms with Crippen LogP contribution in [0, 0.1) is 0 Å². The van der Waals surface area contributed by atoms with E-state index < -0.39 is 5.97 Å². The number of carboxylic acids is 1. The molecule has 1 aliphatic heterocycles. The maximum atomic E-state index is 11.2. The molecule has 2 rings (SSSR count). The number of benzene rings is 1. The number of hydrogen-bond donors (Lipinski definition) is 1. The molecule has 1 N–H and O–H groups in total. The Hall–Kier alpha value is -1.75. The van der Waals surface area contributed by atoms with Crippen molar-refractivity contribution in [3.63, 3.8) is 0 Å². The predicted octanol–water partition coefficient (Wildman–Crippen LogP) is 2.53. The third-order valence-corrected chi connectivity index (χ3v) is 3.63. The fraction of sp³-hybridized carbons (Fsp3) is 0.562. The lowest BCUT2D eigenvalue weighted by Crippen LogP contribution is -2.35. The Bertz CT molecular complexity index is 501. The van der Waals surface area contributed by atoms with Gasteiger partial charge >= 0.3 is 5.97 Å². The number of carbonyl (C=O) groups is 1. The second kappa shape index (κ2) is 6.80. The molecule has 1 fully saturated rings. The molecule has 1 saturated heterocycles. The van der Waals surface area contributed by atoms with Crippen LogP contribution in [-0.2, 0) is 11.3 Å². The van der Waals surface area contributed by atoms with Crippen LogP contribution in [0.1, 0.15) is 32.3 Å². The lowest BCUT2D eigenvalue weighted by molar-refractivity contribution is -0.142. The van der Waals surface area contributed by atoms with Crippen LogP contribution < -0.4 is 9.47 Å². The summed E-state index contributed by atoms with van der Waals surface area (Å²) < 4.78 is 11.1. The smallest absolute Gasteiger partial charge is 0.320 e. The van der Waals surface area contributed by atoms with E-state index in [1.54, 1.807) is 7.11 Å². The molecule has 0 saturated carbocycles. The van der Waals surface area contributed by atoms with Gasteiger partial charge < -0.3 is 14.6 Å². The minimum atomic E-state index is -0.737. The molecular formula is C16H23NO4. The second-order valence-corrected chi connectivity index (χ2v) is 5.62. The zero-order valence-corrected chi connectivity index (χ0v) is 12.8. The number of aliphatic carboxylic acids is 1. The molecule has 1 aromatic carbocycles. The van der Waals surface area contributed by atoms with Gasteiger partial charge in [0.1, 0.15) is 6.04 Å². The summed E-state index contributed by atoms with van der Waals surface area (Å²) in [6, 6.07) is 5.41. The molecule has 1 aliphatic rings. The highest BCUT2D eigenvalue weighted by Gasteiger charge is 2.30. The van der Waals surface area contributed by atoms with Crippen LogP contribution >= 0.6 is 0 Å². The largest absolute Gasteiger partial charge is 0.493 e. The minimum absolute atomic E-state index is 0.0831. The Labute approximate surface area is 125 Å². The van der Waals surface area contributed by atoms with Crippen molar-refractivity contribution in [3.05, 3.63) is 23.8 Å². The average molecular weight is 293 g/mol. The maximum absolute atomic E-state index is 11.2. The van der Waals surface area contributed by atoms with E-state index in [0.29, 0.717) is 18.0 Å². The average Bonchev–Trinajstić information content (AvgIpc) is 2.88. The van der Waals surface area contributed by atoms with Crippen molar-refractivity contribution in [2.75, 3.05) is 13.7 Å². The molecule has 0 spiro atoms. The predicted molar refractivity (Wildman–Crippen MR) is 79.8 cm³/mol. The van der Waals surface area contributed by atoms with Gasteiger partial charge in [-0.3, -0.25) is 9.69 Å². The van der Waals surface area contributed by atoms with Crippen LogP contribution in [0.25, 0.3) is 0 Å². The fourth-order valence-corrected chi connectivity index (χ4v) is 2.69. The maximum Gasteiger partial charge on any atom is 0.320 e. The number of likely N-dealkylation sites (tertiary alicyclic amines) is 1. The van der Waals surface area contributed by atoms with E-state index in [4.69, 9.17) is 9.47 Å². The Balaban J connectivity index is 2.12. The highest BCUT2D eigenvalue weighted by atomic mass is 16.5. The monoisotopic (exact) mass is 293 g/mol. The summed E-state index contributed by atoms with van der Waals surface area (Å²) in [5, 5.41) is 9.22. The van der Waals surface area contributed by atoms with Gasteiger partial charge in [-0.2, -0.15) is 0 Å². The number of methoxy groups -OCH3 is 1. The molecular weight excluding hydrogens is 270 g/mol. The fourth-order valence-electron chi connectivity index (χ4n) is 2.69. The van der Waals surface area contributed by atoms with Crippen molar-refractivity contribution >= 4 is 5.97 Å². The van der Waals surface area contributed by atoms with E-state index in [-0.39, 0.29) is 12.1 Å². The third kappa shape index (κ3) is 3.88. The molecule has 1 heterocycles. The van der Waals surface area contributed by atoms with E-state index in [0.717, 1.165) is 24.9 Å². The molecule has 0 aliphatic carbocycles. The lowest BCUT2D eigenvalue weighted by Gasteiger charge is -2.22. The number of ether oxygens (including phenoxy) is 2. The zero-order valence-electron chi connectivity index (χ0n) is 12.8. The van der Waals surface area contributed by atoms with Gasteiger partial charge in [0.2, 0.25) is 0 Å². The van der Waals surface area contributed by atoms with Crippen LogP contribution in [-0.4, -0.2) is 41.8 Å². The first-order valence-corrected chi connectivity index (χ1v) is 7.31. The van der Waals surface area contributed by atoms with Crippen molar-refractivity contribution in [1.29, 1.82) is 0 Å². The van der Waals surface area contributed by atoms with E-state index in [2.05, 4.69) is 0 Å². The third-order valence-electron chi connectivity index (χ3n) is 3.63. The van der Waals surface area contributed by atoms with E-state index >= 15 is 0 Å². The van der Waals surface area contributed by atoms with Gasteiger partial charge in [-0.1, -0.05) is 6.07 Å². The Kier molecular flexibility index (Phi) is 5.07. The van der Waals surface area contributed by atoms with E-state index in [1.807, 2.05) is 36.9 Å². The topological polar surface area (TPSA) is 59.0 Å². The zero-order chi connectivity index (χ0) is 15.4. The molecule has 116 valence electrons. The summed E-state index contributed by atoms with van der Waals surface area (Å²) in [4.78, 5) is 13.2. The quantitative estimate of drug-likeness (QED) is 0.873. The van der Waals surface area contributed by atoms with Crippen molar-refractivity contribution in [1.82, 2.24) is 4.90 Å². The molecule has 0 bridgehead atoms. The molecule has 0 amide bonds. The van der Waals surface area contributed by atoms with Crippen molar-refractivity contribution in [2.45, 2.75) is 45.4 Å². The van der Waals surface area contributed by atoms with Gasteiger partial charge in [0, 0.05) is 6.54 Å². The molecule has 0 aromatic heterocycles. The first kappa shape index (κ1) is 15.6. The summed E-state index contributed by atoms with van der Waals surface area (Å²) in [5.74, 6) is 0.666. The minimum Gasteiger partial charge on any atom is -0.493 e. The van der Waals surface area contributed by atoms with Gasteiger partial charge in [0.05, 0.1) is 13.2 Å². The Morgan fingerprint density at radius 3 is 2.81 bits per heavy atom. The first-order chi connectivity index (χ1) is 10.0. The lowest BCUT2D eigenvalue weighted by atomic mass is 10.1. The van der Waals surface area contributed by atoms with Gasteiger partial charge in [-0.05, 0) is 50.9 Å². The number of nitrogens with zero attached hydrogens (tertiary/aromatic N) is 1. The molecule has 0 radical (unpaired) electrons. The van der Waals surface area contributed by atoms with Gasteiger partial charge in [-0.25, -0.2) is 0 Å². The summed E-state index contributed by atoms with van der Waals surface area (Å²) in [6.45, 7) is 5.38. The van der Waals surface area contributed by atoms with Crippen molar-refractivity contribution < 1.29 is 19.4 Å². The molecule has 1 unspecified atom stereocenters. The van der Waals surface area contributed by atoms with Crippen molar-refractivity contribution in [2.24, 2.45) is 0 Å². The van der Waals surface area contributed by atoms with Gasteiger partial charge in [0.15, 0.2) is 11.5 Å². The van der Waals surface area contributed by atoms with Crippen LogP contribution in [0.4, 0.5) is 0 Å². The van der Waals surface area contributed by atoms with E-state index in [9.17, 15) is 9.90 Å².